The van der Waals surface area contributed by atoms with E-state index >= 15 is 0 Å². The average molecular weight is 384 g/mol. The maximum atomic E-state index is 13.1. The first-order chi connectivity index (χ1) is 13.0. The summed E-state index contributed by atoms with van der Waals surface area (Å²) >= 11 is 5.91. The van der Waals surface area contributed by atoms with Crippen LogP contribution < -0.4 is 10.6 Å². The van der Waals surface area contributed by atoms with Gasteiger partial charge in [-0.1, -0.05) is 41.9 Å². The third-order valence-corrected chi connectivity index (χ3v) is 5.30. The minimum atomic E-state index is -1.07. The van der Waals surface area contributed by atoms with E-state index in [0.29, 0.717) is 17.1 Å². The lowest BCUT2D eigenvalue weighted by atomic mass is 9.76. The van der Waals surface area contributed by atoms with E-state index in [1.54, 1.807) is 24.3 Å². The highest BCUT2D eigenvalue weighted by Gasteiger charge is 2.54. The molecule has 1 fully saturated rings. The van der Waals surface area contributed by atoms with Crippen molar-refractivity contribution in [1.29, 1.82) is 0 Å². The van der Waals surface area contributed by atoms with Gasteiger partial charge in [0.2, 0.25) is 5.91 Å². The monoisotopic (exact) mass is 383 g/mol. The number of nitrogens with one attached hydrogen (secondary N) is 2. The number of imide groups is 1. The van der Waals surface area contributed by atoms with E-state index in [9.17, 15) is 14.4 Å². The Hall–Kier alpha value is -2.86. The molecule has 0 radical (unpaired) electrons. The Balaban J connectivity index is 1.55. The molecule has 0 unspecified atom stereocenters. The molecule has 0 bridgehead atoms. The molecule has 0 saturated carbocycles. The Morgan fingerprint density at radius 1 is 1.19 bits per heavy atom. The molecule has 6 nitrogen and oxygen atoms in total. The summed E-state index contributed by atoms with van der Waals surface area (Å²) in [6.45, 7) is -0.346. The second-order valence-corrected chi connectivity index (χ2v) is 7.23. The summed E-state index contributed by atoms with van der Waals surface area (Å²) in [6.07, 6.45) is 2.20. The molecule has 1 aliphatic carbocycles. The molecule has 138 valence electrons. The number of hydrogen-bond acceptors (Lipinski definition) is 3. The number of anilines is 1. The molecular formula is C20H18ClN3O3. The van der Waals surface area contributed by atoms with Gasteiger partial charge in [0, 0.05) is 10.7 Å². The Morgan fingerprint density at radius 2 is 2.00 bits per heavy atom. The smallest absolute Gasteiger partial charge is 0.324 e. The molecule has 7 heteroatoms. The number of halogens is 1. The molecule has 1 heterocycles. The van der Waals surface area contributed by atoms with Crippen molar-refractivity contribution in [2.75, 3.05) is 11.9 Å². The van der Waals surface area contributed by atoms with Crippen molar-refractivity contribution in [3.63, 3.8) is 0 Å². The van der Waals surface area contributed by atoms with Crippen molar-refractivity contribution < 1.29 is 14.4 Å². The zero-order valence-electron chi connectivity index (χ0n) is 14.5. The van der Waals surface area contributed by atoms with Crippen molar-refractivity contribution in [1.82, 2.24) is 10.2 Å². The Labute approximate surface area is 161 Å². The third kappa shape index (κ3) is 3.06. The van der Waals surface area contributed by atoms with E-state index in [0.717, 1.165) is 28.9 Å². The normalized spacial score (nSPS) is 21.1. The van der Waals surface area contributed by atoms with E-state index in [1.165, 1.54) is 0 Å². The predicted octanol–water partition coefficient (Wildman–Crippen LogP) is 3.06. The molecule has 0 aromatic heterocycles. The minimum Gasteiger partial charge on any atom is -0.324 e. The standard InChI is InChI=1S/C20H18ClN3O3/c21-14-7-3-8-15(11-14)22-17(25)12-24-18(26)20(23-19(24)27)10-4-6-13-5-1-2-9-16(13)20/h1-3,5,7-9,11H,4,6,10,12H2,(H,22,25)(H,23,27)/t20-/m1/s1. The number of benzene rings is 2. The van der Waals surface area contributed by atoms with Crippen molar-refractivity contribution in [3.05, 3.63) is 64.7 Å². The van der Waals surface area contributed by atoms with E-state index in [4.69, 9.17) is 11.6 Å². The Bertz CT molecular complexity index is 946. The van der Waals surface area contributed by atoms with E-state index in [1.807, 2.05) is 24.3 Å². The van der Waals surface area contributed by atoms with Crippen LogP contribution in [-0.4, -0.2) is 29.3 Å². The number of aryl methyl sites for hydroxylation is 1. The van der Waals surface area contributed by atoms with Gasteiger partial charge in [-0.2, -0.15) is 0 Å². The highest BCUT2D eigenvalue weighted by Crippen LogP contribution is 2.39. The second-order valence-electron chi connectivity index (χ2n) is 6.80. The molecule has 1 aliphatic heterocycles. The van der Waals surface area contributed by atoms with Crippen LogP contribution in [0.2, 0.25) is 5.02 Å². The maximum Gasteiger partial charge on any atom is 0.325 e. The molecular weight excluding hydrogens is 366 g/mol. The quantitative estimate of drug-likeness (QED) is 0.799. The number of hydrogen-bond donors (Lipinski definition) is 2. The lowest BCUT2D eigenvalue weighted by molar-refractivity contribution is -0.134. The van der Waals surface area contributed by atoms with E-state index < -0.39 is 17.5 Å². The third-order valence-electron chi connectivity index (χ3n) is 5.06. The number of carbonyl (C=O) groups excluding carboxylic acids is 3. The highest BCUT2D eigenvalue weighted by atomic mass is 35.5. The van der Waals surface area contributed by atoms with Crippen LogP contribution in [0.25, 0.3) is 0 Å². The molecule has 2 aliphatic rings. The summed E-state index contributed by atoms with van der Waals surface area (Å²) in [5, 5.41) is 5.99. The Morgan fingerprint density at radius 3 is 2.81 bits per heavy atom. The van der Waals surface area contributed by atoms with Crippen LogP contribution in [0.3, 0.4) is 0 Å². The van der Waals surface area contributed by atoms with Gasteiger partial charge in [-0.05, 0) is 48.6 Å². The fourth-order valence-corrected chi connectivity index (χ4v) is 4.06. The summed E-state index contributed by atoms with van der Waals surface area (Å²) in [5.41, 5.74) is 1.33. The topological polar surface area (TPSA) is 78.5 Å². The van der Waals surface area contributed by atoms with Gasteiger partial charge in [-0.15, -0.1) is 0 Å². The lowest BCUT2D eigenvalue weighted by Gasteiger charge is -2.33. The fraction of sp³-hybridized carbons (Fsp3) is 0.250. The number of nitrogens with zero attached hydrogens (tertiary/aromatic N) is 1. The minimum absolute atomic E-state index is 0.346. The molecule has 1 saturated heterocycles. The summed E-state index contributed by atoms with van der Waals surface area (Å²) in [6, 6.07) is 13.8. The zero-order valence-corrected chi connectivity index (χ0v) is 15.3. The predicted molar refractivity (Wildman–Crippen MR) is 101 cm³/mol. The SMILES string of the molecule is O=C(CN1C(=O)N[C@@]2(CCCc3ccccc32)C1=O)Nc1cccc(Cl)c1. The van der Waals surface area contributed by atoms with Gasteiger partial charge in [-0.25, -0.2) is 4.79 Å². The van der Waals surface area contributed by atoms with Crippen molar-refractivity contribution in [3.8, 4) is 0 Å². The fourth-order valence-electron chi connectivity index (χ4n) is 3.87. The molecule has 27 heavy (non-hydrogen) atoms. The zero-order chi connectivity index (χ0) is 19.0. The summed E-state index contributed by atoms with van der Waals surface area (Å²) in [4.78, 5) is 39.0. The van der Waals surface area contributed by atoms with Crippen LogP contribution in [0.1, 0.15) is 24.0 Å². The van der Waals surface area contributed by atoms with Crippen LogP contribution in [0.4, 0.5) is 10.5 Å². The summed E-state index contributed by atoms with van der Waals surface area (Å²) < 4.78 is 0. The number of urea groups is 1. The van der Waals surface area contributed by atoms with Crippen LogP contribution in [0.5, 0.6) is 0 Å². The van der Waals surface area contributed by atoms with Crippen LogP contribution in [0.15, 0.2) is 48.5 Å². The first kappa shape index (κ1) is 17.5. The van der Waals surface area contributed by atoms with Crippen LogP contribution in [-0.2, 0) is 21.5 Å². The van der Waals surface area contributed by atoms with Crippen LogP contribution in [0, 0.1) is 0 Å². The average Bonchev–Trinajstić information content (AvgIpc) is 2.87. The van der Waals surface area contributed by atoms with Crippen molar-refractivity contribution >= 4 is 35.1 Å². The molecule has 2 N–H and O–H groups in total. The molecule has 1 atom stereocenters. The summed E-state index contributed by atoms with van der Waals surface area (Å²) in [7, 11) is 0. The van der Waals surface area contributed by atoms with Gasteiger partial charge in [-0.3, -0.25) is 14.5 Å². The molecule has 4 amide bonds. The van der Waals surface area contributed by atoms with Gasteiger partial charge >= 0.3 is 6.03 Å². The first-order valence-corrected chi connectivity index (χ1v) is 9.15. The van der Waals surface area contributed by atoms with Gasteiger partial charge < -0.3 is 10.6 Å². The maximum absolute atomic E-state index is 13.1. The van der Waals surface area contributed by atoms with E-state index in [2.05, 4.69) is 10.6 Å². The summed E-state index contributed by atoms with van der Waals surface area (Å²) in [5.74, 6) is -0.831. The second kappa shape index (κ2) is 6.70. The number of rotatable bonds is 3. The van der Waals surface area contributed by atoms with Crippen molar-refractivity contribution in [2.24, 2.45) is 0 Å². The van der Waals surface area contributed by atoms with Crippen LogP contribution >= 0.6 is 11.6 Å². The lowest BCUT2D eigenvalue weighted by Crippen LogP contribution is -2.47. The molecule has 2 aromatic carbocycles. The number of fused-ring (bicyclic) bond motifs is 2. The van der Waals surface area contributed by atoms with Gasteiger partial charge in [0.25, 0.3) is 5.91 Å². The Kier molecular flexibility index (Phi) is 4.36. The highest BCUT2D eigenvalue weighted by molar-refractivity contribution is 6.30. The first-order valence-electron chi connectivity index (χ1n) is 8.77. The largest absolute Gasteiger partial charge is 0.325 e. The molecule has 2 aromatic rings. The van der Waals surface area contributed by atoms with Gasteiger partial charge in [0.15, 0.2) is 0 Å². The van der Waals surface area contributed by atoms with Crippen molar-refractivity contribution in [2.45, 2.75) is 24.8 Å². The van der Waals surface area contributed by atoms with Gasteiger partial charge in [0.05, 0.1) is 0 Å². The number of amides is 4. The molecule has 4 rings (SSSR count). The molecule has 1 spiro atoms. The van der Waals surface area contributed by atoms with E-state index in [-0.39, 0.29) is 12.5 Å². The number of carbonyl (C=O) groups is 3. The van der Waals surface area contributed by atoms with Gasteiger partial charge in [0.1, 0.15) is 12.1 Å².